The number of thiazole rings is 1. The number of carbonyl (C=O) groups excluding carboxylic acids is 2. The number of nitrogens with one attached hydrogen (secondary N) is 1. The average Bonchev–Trinajstić information content (AvgIpc) is 2.65. The maximum atomic E-state index is 11.8. The van der Waals surface area contributed by atoms with Gasteiger partial charge in [-0.2, -0.15) is 0 Å². The zero-order chi connectivity index (χ0) is 14.4. The summed E-state index contributed by atoms with van der Waals surface area (Å²) in [5.41, 5.74) is 0.906. The van der Waals surface area contributed by atoms with Crippen LogP contribution < -0.4 is 5.32 Å². The second kappa shape index (κ2) is 7.20. The van der Waals surface area contributed by atoms with E-state index in [-0.39, 0.29) is 25.0 Å². The monoisotopic (exact) mass is 285 g/mol. The van der Waals surface area contributed by atoms with Gasteiger partial charge in [-0.1, -0.05) is 0 Å². The molecule has 0 unspecified atom stereocenters. The van der Waals surface area contributed by atoms with Crippen molar-refractivity contribution in [1.29, 1.82) is 0 Å². The Hall–Kier alpha value is -1.47. The molecule has 1 rings (SSSR count). The highest BCUT2D eigenvalue weighted by atomic mass is 32.1. The normalized spacial score (nSPS) is 10.3. The zero-order valence-corrected chi connectivity index (χ0v) is 12.5. The lowest BCUT2D eigenvalue weighted by atomic mass is 10.4. The molecule has 1 aromatic rings. The van der Waals surface area contributed by atoms with Gasteiger partial charge in [0.25, 0.3) is 0 Å². The summed E-state index contributed by atoms with van der Waals surface area (Å²) < 4.78 is 4.77. The summed E-state index contributed by atoms with van der Waals surface area (Å²) in [5, 5.41) is 3.26. The van der Waals surface area contributed by atoms with E-state index >= 15 is 0 Å². The van der Waals surface area contributed by atoms with E-state index in [1.807, 2.05) is 20.8 Å². The van der Waals surface area contributed by atoms with Crippen molar-refractivity contribution < 1.29 is 14.3 Å². The van der Waals surface area contributed by atoms with Gasteiger partial charge in [0.05, 0.1) is 12.2 Å². The first-order valence-electron chi connectivity index (χ1n) is 5.98. The van der Waals surface area contributed by atoms with Gasteiger partial charge < -0.3 is 15.0 Å². The minimum absolute atomic E-state index is 0.0103. The molecule has 0 radical (unpaired) electrons. The Morgan fingerprint density at radius 3 is 2.58 bits per heavy atom. The molecule has 0 saturated carbocycles. The molecule has 106 valence electrons. The molecule has 7 heteroatoms. The Labute approximate surface area is 116 Å². The summed E-state index contributed by atoms with van der Waals surface area (Å²) in [5.74, 6) is -0.452. The Balaban J connectivity index is 2.56. The highest BCUT2D eigenvalue weighted by Gasteiger charge is 2.16. The number of aromatic nitrogens is 1. The van der Waals surface area contributed by atoms with E-state index in [0.717, 1.165) is 10.6 Å². The summed E-state index contributed by atoms with van der Waals surface area (Å²) in [6.45, 7) is 6.11. The number of anilines is 1. The van der Waals surface area contributed by atoms with Crippen LogP contribution in [0.25, 0.3) is 0 Å². The highest BCUT2D eigenvalue weighted by Crippen LogP contribution is 2.20. The van der Waals surface area contributed by atoms with E-state index in [2.05, 4.69) is 10.3 Å². The van der Waals surface area contributed by atoms with Gasteiger partial charge in [-0.15, -0.1) is 11.3 Å². The lowest BCUT2D eigenvalue weighted by Gasteiger charge is -2.19. The van der Waals surface area contributed by atoms with Crippen molar-refractivity contribution in [1.82, 2.24) is 9.88 Å². The number of nitrogens with zero attached hydrogens (tertiary/aromatic N) is 2. The molecule has 1 aromatic heterocycles. The van der Waals surface area contributed by atoms with Gasteiger partial charge in [0.2, 0.25) is 11.8 Å². The summed E-state index contributed by atoms with van der Waals surface area (Å²) in [6.07, 6.45) is 0. The number of rotatable bonds is 6. The van der Waals surface area contributed by atoms with Gasteiger partial charge in [0, 0.05) is 18.5 Å². The first-order chi connectivity index (χ1) is 8.97. The Morgan fingerprint density at radius 2 is 2.11 bits per heavy atom. The van der Waals surface area contributed by atoms with Gasteiger partial charge in [-0.25, -0.2) is 4.98 Å². The topological polar surface area (TPSA) is 71.5 Å². The minimum atomic E-state index is -0.250. The number of carbonyl (C=O) groups is 2. The number of ether oxygens (including phenoxy) is 1. The van der Waals surface area contributed by atoms with Crippen LogP contribution in [-0.4, -0.2) is 48.5 Å². The molecule has 0 bridgehead atoms. The van der Waals surface area contributed by atoms with Gasteiger partial charge in [-0.05, 0) is 20.8 Å². The molecule has 6 nitrogen and oxygen atoms in total. The summed E-state index contributed by atoms with van der Waals surface area (Å²) in [4.78, 5) is 30.2. The molecule has 1 N–H and O–H groups in total. The summed E-state index contributed by atoms with van der Waals surface area (Å²) in [6, 6.07) is 0. The fraction of sp³-hybridized carbons (Fsp3) is 0.583. The molecule has 19 heavy (non-hydrogen) atoms. The van der Waals surface area contributed by atoms with Crippen molar-refractivity contribution in [3.63, 3.8) is 0 Å². The maximum Gasteiger partial charge on any atom is 0.249 e. The van der Waals surface area contributed by atoms with E-state index in [1.165, 1.54) is 23.3 Å². The van der Waals surface area contributed by atoms with E-state index in [0.29, 0.717) is 11.7 Å². The van der Waals surface area contributed by atoms with Crippen LogP contribution in [0, 0.1) is 13.8 Å². The van der Waals surface area contributed by atoms with Crippen LogP contribution >= 0.6 is 11.3 Å². The quantitative estimate of drug-likeness (QED) is 0.852. The number of hydrogen-bond acceptors (Lipinski definition) is 5. The molecular weight excluding hydrogens is 266 g/mol. The standard InChI is InChI=1S/C12H19N3O3S/c1-5-15(11(17)7-18-4)6-10(16)14-12-13-8(2)9(3)19-12/h5-7H2,1-4H3,(H,13,14,16). The fourth-order valence-electron chi connectivity index (χ4n) is 1.45. The SMILES string of the molecule is CCN(CC(=O)Nc1nc(C)c(C)s1)C(=O)COC. The van der Waals surface area contributed by atoms with Crippen LogP contribution in [0.2, 0.25) is 0 Å². The lowest BCUT2D eigenvalue weighted by molar-refractivity contribution is -0.137. The maximum absolute atomic E-state index is 11.8. The van der Waals surface area contributed by atoms with Crippen LogP contribution in [0.15, 0.2) is 0 Å². The molecule has 0 atom stereocenters. The predicted molar refractivity (Wildman–Crippen MR) is 74.3 cm³/mol. The molecule has 0 aromatic carbocycles. The molecule has 0 aliphatic rings. The molecule has 2 amide bonds. The van der Waals surface area contributed by atoms with E-state index in [4.69, 9.17) is 4.74 Å². The summed E-state index contributed by atoms with van der Waals surface area (Å²) >= 11 is 1.42. The van der Waals surface area contributed by atoms with Crippen LogP contribution in [0.4, 0.5) is 5.13 Å². The number of methoxy groups -OCH3 is 1. The van der Waals surface area contributed by atoms with Gasteiger partial charge >= 0.3 is 0 Å². The molecular formula is C12H19N3O3S. The fourth-order valence-corrected chi connectivity index (χ4v) is 2.28. The largest absolute Gasteiger partial charge is 0.375 e. The Morgan fingerprint density at radius 1 is 1.42 bits per heavy atom. The van der Waals surface area contributed by atoms with Crippen LogP contribution in [0.5, 0.6) is 0 Å². The molecule has 0 aliphatic heterocycles. The van der Waals surface area contributed by atoms with Crippen molar-refractivity contribution in [2.75, 3.05) is 32.1 Å². The molecule has 0 aliphatic carbocycles. The van der Waals surface area contributed by atoms with Crippen LogP contribution in [0.3, 0.4) is 0 Å². The molecule has 0 spiro atoms. The summed E-state index contributed by atoms with van der Waals surface area (Å²) in [7, 11) is 1.45. The second-order valence-corrected chi connectivity index (χ2v) is 5.25. The highest BCUT2D eigenvalue weighted by molar-refractivity contribution is 7.15. The Kier molecular flexibility index (Phi) is 5.91. The second-order valence-electron chi connectivity index (χ2n) is 4.05. The van der Waals surface area contributed by atoms with Gasteiger partial charge in [-0.3, -0.25) is 9.59 Å². The van der Waals surface area contributed by atoms with Gasteiger partial charge in [0.15, 0.2) is 5.13 Å². The number of amides is 2. The van der Waals surface area contributed by atoms with Crippen molar-refractivity contribution in [2.24, 2.45) is 0 Å². The third kappa shape index (κ3) is 4.60. The average molecular weight is 285 g/mol. The zero-order valence-electron chi connectivity index (χ0n) is 11.6. The minimum Gasteiger partial charge on any atom is -0.375 e. The number of hydrogen-bond donors (Lipinski definition) is 1. The van der Waals surface area contributed by atoms with Gasteiger partial charge in [0.1, 0.15) is 6.61 Å². The molecule has 1 heterocycles. The van der Waals surface area contributed by atoms with Crippen molar-refractivity contribution in [3.8, 4) is 0 Å². The van der Waals surface area contributed by atoms with Crippen molar-refractivity contribution in [3.05, 3.63) is 10.6 Å². The van der Waals surface area contributed by atoms with Crippen molar-refractivity contribution in [2.45, 2.75) is 20.8 Å². The smallest absolute Gasteiger partial charge is 0.249 e. The predicted octanol–water partition coefficient (Wildman–Crippen LogP) is 1.19. The third-order valence-electron chi connectivity index (χ3n) is 2.61. The van der Waals surface area contributed by atoms with Crippen LogP contribution in [0.1, 0.15) is 17.5 Å². The first kappa shape index (κ1) is 15.6. The van der Waals surface area contributed by atoms with Crippen molar-refractivity contribution >= 4 is 28.3 Å². The number of likely N-dealkylation sites (N-methyl/N-ethyl adjacent to an activating group) is 1. The van der Waals surface area contributed by atoms with Crippen LogP contribution in [-0.2, 0) is 14.3 Å². The first-order valence-corrected chi connectivity index (χ1v) is 6.80. The van der Waals surface area contributed by atoms with E-state index in [1.54, 1.807) is 0 Å². The number of aryl methyl sites for hydroxylation is 2. The Bertz CT molecular complexity index is 440. The third-order valence-corrected chi connectivity index (χ3v) is 3.60. The van der Waals surface area contributed by atoms with E-state index in [9.17, 15) is 9.59 Å². The molecule has 0 fully saturated rings. The lowest BCUT2D eigenvalue weighted by Crippen LogP contribution is -2.39. The molecule has 0 saturated heterocycles. The van der Waals surface area contributed by atoms with E-state index < -0.39 is 0 Å².